The van der Waals surface area contributed by atoms with E-state index in [1.807, 2.05) is 6.07 Å². The molecule has 3 heteroatoms. The van der Waals surface area contributed by atoms with Gasteiger partial charge in [-0.3, -0.25) is 0 Å². The van der Waals surface area contributed by atoms with Crippen LogP contribution in [-0.4, -0.2) is 20.3 Å². The van der Waals surface area contributed by atoms with Crippen LogP contribution in [0.4, 0.5) is 4.39 Å². The van der Waals surface area contributed by atoms with Crippen molar-refractivity contribution in [3.05, 3.63) is 35.6 Å². The van der Waals surface area contributed by atoms with Crippen molar-refractivity contribution in [2.75, 3.05) is 20.3 Å². The minimum absolute atomic E-state index is 0.163. The Morgan fingerprint density at radius 3 is 3.13 bits per heavy atom. The smallest absolute Gasteiger partial charge is 0.123 e. The van der Waals surface area contributed by atoms with Crippen LogP contribution in [0, 0.1) is 11.7 Å². The Morgan fingerprint density at radius 1 is 1.53 bits per heavy atom. The van der Waals surface area contributed by atoms with E-state index in [2.05, 4.69) is 5.32 Å². The summed E-state index contributed by atoms with van der Waals surface area (Å²) in [6, 6.07) is 7.09. The molecule has 0 bridgehead atoms. The number of hydrogen-bond acceptors (Lipinski definition) is 2. The van der Waals surface area contributed by atoms with Gasteiger partial charge in [0.05, 0.1) is 6.61 Å². The Kier molecular flexibility index (Phi) is 3.34. The van der Waals surface area contributed by atoms with Crippen LogP contribution in [0.3, 0.4) is 0 Å². The molecule has 0 radical (unpaired) electrons. The molecule has 1 saturated heterocycles. The van der Waals surface area contributed by atoms with E-state index in [1.165, 1.54) is 6.07 Å². The molecule has 2 atom stereocenters. The van der Waals surface area contributed by atoms with E-state index in [-0.39, 0.29) is 11.9 Å². The van der Waals surface area contributed by atoms with E-state index < -0.39 is 0 Å². The molecule has 0 aliphatic carbocycles. The van der Waals surface area contributed by atoms with Crippen molar-refractivity contribution in [3.63, 3.8) is 0 Å². The summed E-state index contributed by atoms with van der Waals surface area (Å²) in [4.78, 5) is 0. The maximum absolute atomic E-state index is 13.0. The Hall–Kier alpha value is -0.930. The number of ether oxygens (including phenoxy) is 1. The largest absolute Gasteiger partial charge is 0.384 e. The summed E-state index contributed by atoms with van der Waals surface area (Å²) < 4.78 is 18.1. The predicted octanol–water partition coefficient (Wildman–Crippen LogP) is 2.12. The lowest BCUT2D eigenvalue weighted by molar-refractivity contribution is 0.159. The van der Waals surface area contributed by atoms with Crippen LogP contribution in [0.1, 0.15) is 18.0 Å². The number of halogens is 1. The van der Waals surface area contributed by atoms with E-state index in [0.717, 1.165) is 25.1 Å². The van der Waals surface area contributed by atoms with Crippen LogP contribution in [0.2, 0.25) is 0 Å². The maximum atomic E-state index is 13.0. The first-order valence-electron chi connectivity index (χ1n) is 5.27. The highest BCUT2D eigenvalue weighted by molar-refractivity contribution is 5.21. The number of hydrogen-bond donors (Lipinski definition) is 1. The van der Waals surface area contributed by atoms with Crippen molar-refractivity contribution in [2.45, 2.75) is 12.5 Å². The fourth-order valence-corrected chi connectivity index (χ4v) is 2.15. The van der Waals surface area contributed by atoms with Crippen molar-refractivity contribution in [1.29, 1.82) is 0 Å². The van der Waals surface area contributed by atoms with Gasteiger partial charge in [-0.1, -0.05) is 12.1 Å². The van der Waals surface area contributed by atoms with Gasteiger partial charge in [-0.15, -0.1) is 0 Å². The van der Waals surface area contributed by atoms with E-state index in [0.29, 0.717) is 5.92 Å². The second-order valence-electron chi connectivity index (χ2n) is 4.07. The zero-order valence-corrected chi connectivity index (χ0v) is 8.87. The molecule has 2 unspecified atom stereocenters. The van der Waals surface area contributed by atoms with Crippen LogP contribution in [0.5, 0.6) is 0 Å². The van der Waals surface area contributed by atoms with Gasteiger partial charge >= 0.3 is 0 Å². The van der Waals surface area contributed by atoms with Crippen molar-refractivity contribution in [2.24, 2.45) is 5.92 Å². The van der Waals surface area contributed by atoms with Crippen molar-refractivity contribution in [3.8, 4) is 0 Å². The second-order valence-corrected chi connectivity index (χ2v) is 4.07. The van der Waals surface area contributed by atoms with Crippen LogP contribution in [0.25, 0.3) is 0 Å². The Balaban J connectivity index is 2.01. The number of methoxy groups -OCH3 is 1. The summed E-state index contributed by atoms with van der Waals surface area (Å²) in [5.41, 5.74) is 1.04. The lowest BCUT2D eigenvalue weighted by atomic mass is 10.0. The molecule has 1 aliphatic heterocycles. The molecule has 82 valence electrons. The Morgan fingerprint density at radius 2 is 2.40 bits per heavy atom. The topological polar surface area (TPSA) is 21.3 Å². The summed E-state index contributed by atoms with van der Waals surface area (Å²) in [6.45, 7) is 1.73. The first-order valence-corrected chi connectivity index (χ1v) is 5.27. The minimum atomic E-state index is -0.163. The molecule has 1 aromatic rings. The van der Waals surface area contributed by atoms with E-state index in [4.69, 9.17) is 4.74 Å². The fraction of sp³-hybridized carbons (Fsp3) is 0.500. The van der Waals surface area contributed by atoms with Gasteiger partial charge in [0.1, 0.15) is 5.82 Å². The maximum Gasteiger partial charge on any atom is 0.123 e. The molecular formula is C12H16FNO. The lowest BCUT2D eigenvalue weighted by Gasteiger charge is -2.10. The summed E-state index contributed by atoms with van der Waals surface area (Å²) in [6.07, 6.45) is 1.03. The molecule has 2 nitrogen and oxygen atoms in total. The molecule has 1 fully saturated rings. The molecule has 1 N–H and O–H groups in total. The molecule has 1 heterocycles. The molecule has 15 heavy (non-hydrogen) atoms. The zero-order chi connectivity index (χ0) is 10.7. The second kappa shape index (κ2) is 4.73. The zero-order valence-electron chi connectivity index (χ0n) is 8.87. The third-order valence-electron chi connectivity index (χ3n) is 2.88. The van der Waals surface area contributed by atoms with Gasteiger partial charge in [0, 0.05) is 19.7 Å². The van der Waals surface area contributed by atoms with E-state index in [1.54, 1.807) is 19.2 Å². The van der Waals surface area contributed by atoms with Gasteiger partial charge in [0.15, 0.2) is 0 Å². The summed E-state index contributed by atoms with van der Waals surface area (Å²) in [5.74, 6) is 0.382. The quantitative estimate of drug-likeness (QED) is 0.823. The molecule has 0 saturated carbocycles. The van der Waals surface area contributed by atoms with Crippen molar-refractivity contribution < 1.29 is 9.13 Å². The van der Waals surface area contributed by atoms with Crippen LogP contribution < -0.4 is 5.32 Å². The molecule has 1 aromatic carbocycles. The highest BCUT2D eigenvalue weighted by atomic mass is 19.1. The Bertz CT molecular complexity index is 329. The lowest BCUT2D eigenvalue weighted by Crippen LogP contribution is -2.15. The van der Waals surface area contributed by atoms with Crippen molar-refractivity contribution in [1.82, 2.24) is 5.32 Å². The standard InChI is InChI=1S/C12H16FNO/c1-15-8-9-5-12(14-7-9)10-3-2-4-11(13)6-10/h2-4,6,9,12,14H,5,7-8H2,1H3. The summed E-state index contributed by atoms with van der Waals surface area (Å²) in [5, 5.41) is 3.39. The first-order chi connectivity index (χ1) is 7.29. The number of rotatable bonds is 3. The van der Waals surface area contributed by atoms with Crippen LogP contribution in [-0.2, 0) is 4.74 Å². The molecule has 2 rings (SSSR count). The summed E-state index contributed by atoms with van der Waals surface area (Å²) >= 11 is 0. The third-order valence-corrected chi connectivity index (χ3v) is 2.88. The van der Waals surface area contributed by atoms with Gasteiger partial charge in [-0.25, -0.2) is 4.39 Å². The number of nitrogens with one attached hydrogen (secondary N) is 1. The van der Waals surface area contributed by atoms with Gasteiger partial charge in [-0.05, 0) is 30.0 Å². The minimum Gasteiger partial charge on any atom is -0.384 e. The third kappa shape index (κ3) is 2.55. The highest BCUT2D eigenvalue weighted by Crippen LogP contribution is 2.27. The molecule has 0 amide bonds. The molecule has 0 aromatic heterocycles. The first kappa shape index (κ1) is 10.6. The molecule has 1 aliphatic rings. The van der Waals surface area contributed by atoms with E-state index >= 15 is 0 Å². The summed E-state index contributed by atoms with van der Waals surface area (Å²) in [7, 11) is 1.72. The molecule has 0 spiro atoms. The predicted molar refractivity (Wildman–Crippen MR) is 57.1 cm³/mol. The normalized spacial score (nSPS) is 25.7. The number of benzene rings is 1. The molecular weight excluding hydrogens is 193 g/mol. The Labute approximate surface area is 89.4 Å². The van der Waals surface area contributed by atoms with E-state index in [9.17, 15) is 4.39 Å². The monoisotopic (exact) mass is 209 g/mol. The average molecular weight is 209 g/mol. The van der Waals surface area contributed by atoms with Gasteiger partial charge in [0.2, 0.25) is 0 Å². The highest BCUT2D eigenvalue weighted by Gasteiger charge is 2.25. The van der Waals surface area contributed by atoms with Crippen molar-refractivity contribution >= 4 is 0 Å². The fourth-order valence-electron chi connectivity index (χ4n) is 2.15. The van der Waals surface area contributed by atoms with Gasteiger partial charge < -0.3 is 10.1 Å². The van der Waals surface area contributed by atoms with Crippen LogP contribution >= 0.6 is 0 Å². The van der Waals surface area contributed by atoms with Gasteiger partial charge in [-0.2, -0.15) is 0 Å². The van der Waals surface area contributed by atoms with Gasteiger partial charge in [0.25, 0.3) is 0 Å². The average Bonchev–Trinajstić information content (AvgIpc) is 2.67. The van der Waals surface area contributed by atoms with Crippen LogP contribution in [0.15, 0.2) is 24.3 Å². The SMILES string of the molecule is COCC1CNC(c2cccc(F)c2)C1.